The molecule has 1 unspecified atom stereocenters. The van der Waals surface area contributed by atoms with Gasteiger partial charge in [-0.15, -0.1) is 0 Å². The predicted octanol–water partition coefficient (Wildman–Crippen LogP) is 3.92. The largest absolute Gasteiger partial charge is 0.457 e. The van der Waals surface area contributed by atoms with Crippen molar-refractivity contribution in [1.82, 2.24) is 34.5 Å². The first-order valence-corrected chi connectivity index (χ1v) is 11.8. The molecule has 1 aliphatic rings. The van der Waals surface area contributed by atoms with Gasteiger partial charge in [0.05, 0.1) is 18.8 Å². The Morgan fingerprint density at radius 1 is 1.11 bits per heavy atom. The summed E-state index contributed by atoms with van der Waals surface area (Å²) in [6.07, 6.45) is 8.66. The number of aryl methyl sites for hydroxylation is 1. The second kappa shape index (κ2) is 9.34. The van der Waals surface area contributed by atoms with Gasteiger partial charge in [-0.25, -0.2) is 29.4 Å². The fraction of sp³-hybridized carbons (Fsp3) is 0.280. The van der Waals surface area contributed by atoms with Gasteiger partial charge in [0.2, 0.25) is 5.95 Å². The van der Waals surface area contributed by atoms with E-state index in [9.17, 15) is 0 Å². The minimum absolute atomic E-state index is 0.248. The highest BCUT2D eigenvalue weighted by Gasteiger charge is 2.21. The van der Waals surface area contributed by atoms with Crippen molar-refractivity contribution in [2.24, 2.45) is 0 Å². The number of likely N-dealkylation sites (N-methyl/N-ethyl adjacent to an activating group) is 1. The number of hydrogen-bond donors (Lipinski definition) is 1. The standard InChI is InChI=1S/C25H25N9O2/c1-16-10-17(5-6-21(16)36-19-7-8-34-22(11-19)28-15-30-34)31-24-23-20(27-14-29-24)12-26-25(32-23)33(2)18-4-3-9-35-13-18/h5-8,10-12,14-15,18H,3-4,9,13H2,1-2H3,(H,27,29,31). The number of anilines is 3. The molecule has 1 atom stereocenters. The number of hydrogen-bond acceptors (Lipinski definition) is 10. The molecule has 182 valence electrons. The molecule has 0 radical (unpaired) electrons. The second-order valence-corrected chi connectivity index (χ2v) is 8.74. The highest BCUT2D eigenvalue weighted by Crippen LogP contribution is 2.30. The molecule has 0 saturated carbocycles. The van der Waals surface area contributed by atoms with Crippen LogP contribution in [0.15, 0.2) is 55.4 Å². The summed E-state index contributed by atoms with van der Waals surface area (Å²) in [7, 11) is 2.00. The average Bonchev–Trinajstić information content (AvgIpc) is 3.38. The lowest BCUT2D eigenvalue weighted by Gasteiger charge is -2.31. The van der Waals surface area contributed by atoms with Crippen LogP contribution in [0.4, 0.5) is 17.5 Å². The van der Waals surface area contributed by atoms with Gasteiger partial charge in [0.1, 0.15) is 35.2 Å². The summed E-state index contributed by atoms with van der Waals surface area (Å²) in [6.45, 7) is 3.48. The molecule has 36 heavy (non-hydrogen) atoms. The van der Waals surface area contributed by atoms with Crippen molar-refractivity contribution in [1.29, 1.82) is 0 Å². The third-order valence-corrected chi connectivity index (χ3v) is 6.28. The van der Waals surface area contributed by atoms with Crippen LogP contribution in [0.3, 0.4) is 0 Å². The molecule has 1 saturated heterocycles. The van der Waals surface area contributed by atoms with Crippen LogP contribution in [-0.4, -0.2) is 60.8 Å². The van der Waals surface area contributed by atoms with Gasteiger partial charge >= 0.3 is 0 Å². The van der Waals surface area contributed by atoms with Gasteiger partial charge in [-0.05, 0) is 49.6 Å². The number of pyridine rings is 1. The molecule has 0 spiro atoms. The number of benzene rings is 1. The van der Waals surface area contributed by atoms with E-state index in [2.05, 4.69) is 35.3 Å². The molecule has 1 fully saturated rings. The summed E-state index contributed by atoms with van der Waals surface area (Å²) < 4.78 is 13.4. The maximum atomic E-state index is 6.09. The lowest BCUT2D eigenvalue weighted by atomic mass is 10.1. The lowest BCUT2D eigenvalue weighted by molar-refractivity contribution is 0.0803. The van der Waals surface area contributed by atoms with Gasteiger partial charge in [-0.2, -0.15) is 5.10 Å². The van der Waals surface area contributed by atoms with E-state index in [1.165, 1.54) is 12.7 Å². The third-order valence-electron chi connectivity index (χ3n) is 6.28. The van der Waals surface area contributed by atoms with Crippen LogP contribution in [0.5, 0.6) is 11.5 Å². The summed E-state index contributed by atoms with van der Waals surface area (Å²) in [5.74, 6) is 2.68. The molecule has 11 heteroatoms. The molecule has 1 aromatic carbocycles. The fourth-order valence-corrected chi connectivity index (χ4v) is 4.26. The number of ether oxygens (including phenoxy) is 2. The summed E-state index contributed by atoms with van der Waals surface area (Å²) in [5.41, 5.74) is 3.88. The number of nitrogens with zero attached hydrogens (tertiary/aromatic N) is 8. The zero-order valence-electron chi connectivity index (χ0n) is 20.0. The SMILES string of the molecule is Cc1cc(Nc2ncnc3cnc(N(C)C4CCCOC4)nc23)ccc1Oc1ccn2ncnc2c1. The van der Waals surface area contributed by atoms with E-state index >= 15 is 0 Å². The van der Waals surface area contributed by atoms with E-state index in [0.717, 1.165) is 42.1 Å². The topological polar surface area (TPSA) is 115 Å². The number of fused-ring (bicyclic) bond motifs is 2. The highest BCUT2D eigenvalue weighted by molar-refractivity contribution is 5.87. The molecule has 11 nitrogen and oxygen atoms in total. The Labute approximate surface area is 207 Å². The van der Waals surface area contributed by atoms with Gasteiger partial charge < -0.3 is 19.7 Å². The Morgan fingerprint density at radius 3 is 2.92 bits per heavy atom. The molecule has 0 aliphatic carbocycles. The first kappa shape index (κ1) is 22.1. The monoisotopic (exact) mass is 483 g/mol. The predicted molar refractivity (Wildman–Crippen MR) is 135 cm³/mol. The summed E-state index contributed by atoms with van der Waals surface area (Å²) in [4.78, 5) is 24.4. The Hall–Kier alpha value is -4.38. The van der Waals surface area contributed by atoms with Crippen LogP contribution in [0.25, 0.3) is 16.7 Å². The Balaban J connectivity index is 1.24. The first-order chi connectivity index (χ1) is 17.6. The van der Waals surface area contributed by atoms with Crippen molar-refractivity contribution in [2.75, 3.05) is 30.5 Å². The van der Waals surface area contributed by atoms with E-state index in [-0.39, 0.29) is 6.04 Å². The van der Waals surface area contributed by atoms with Crippen molar-refractivity contribution in [2.45, 2.75) is 25.8 Å². The van der Waals surface area contributed by atoms with Crippen LogP contribution in [0.2, 0.25) is 0 Å². The molecule has 5 heterocycles. The van der Waals surface area contributed by atoms with Crippen molar-refractivity contribution in [3.8, 4) is 11.5 Å². The number of nitrogens with one attached hydrogen (secondary N) is 1. The smallest absolute Gasteiger partial charge is 0.226 e. The maximum absolute atomic E-state index is 6.09. The van der Waals surface area contributed by atoms with Crippen LogP contribution >= 0.6 is 0 Å². The Morgan fingerprint density at radius 2 is 2.06 bits per heavy atom. The van der Waals surface area contributed by atoms with Crippen molar-refractivity contribution in [3.05, 3.63) is 60.9 Å². The molecule has 5 aromatic rings. The lowest BCUT2D eigenvalue weighted by Crippen LogP contribution is -2.39. The van der Waals surface area contributed by atoms with Crippen LogP contribution in [-0.2, 0) is 4.74 Å². The molecule has 0 bridgehead atoms. The van der Waals surface area contributed by atoms with Crippen molar-refractivity contribution in [3.63, 3.8) is 0 Å². The molecular formula is C25H25N9O2. The van der Waals surface area contributed by atoms with Crippen molar-refractivity contribution >= 4 is 34.1 Å². The van der Waals surface area contributed by atoms with Crippen molar-refractivity contribution < 1.29 is 9.47 Å². The van der Waals surface area contributed by atoms with E-state index in [0.29, 0.717) is 35.2 Å². The average molecular weight is 484 g/mol. The Kier molecular flexibility index (Phi) is 5.74. The summed E-state index contributed by atoms with van der Waals surface area (Å²) in [6, 6.07) is 9.82. The van der Waals surface area contributed by atoms with E-state index < -0.39 is 0 Å². The summed E-state index contributed by atoms with van der Waals surface area (Å²) in [5, 5.41) is 7.49. The maximum Gasteiger partial charge on any atom is 0.226 e. The molecule has 1 N–H and O–H groups in total. The second-order valence-electron chi connectivity index (χ2n) is 8.74. The summed E-state index contributed by atoms with van der Waals surface area (Å²) >= 11 is 0. The van der Waals surface area contributed by atoms with E-state index in [1.807, 2.05) is 50.5 Å². The van der Waals surface area contributed by atoms with E-state index in [4.69, 9.17) is 14.5 Å². The molecule has 6 rings (SSSR count). The van der Waals surface area contributed by atoms with Gasteiger partial charge in [0, 0.05) is 31.6 Å². The highest BCUT2D eigenvalue weighted by atomic mass is 16.5. The van der Waals surface area contributed by atoms with Gasteiger partial charge in [0.15, 0.2) is 11.5 Å². The minimum Gasteiger partial charge on any atom is -0.457 e. The zero-order valence-corrected chi connectivity index (χ0v) is 20.0. The van der Waals surface area contributed by atoms with E-state index in [1.54, 1.807) is 10.7 Å². The Bertz CT molecular complexity index is 1530. The van der Waals surface area contributed by atoms with Crippen LogP contribution < -0.4 is 15.0 Å². The number of aromatic nitrogens is 7. The van der Waals surface area contributed by atoms with Crippen LogP contribution in [0.1, 0.15) is 18.4 Å². The molecular weight excluding hydrogens is 458 g/mol. The third kappa shape index (κ3) is 4.36. The fourth-order valence-electron chi connectivity index (χ4n) is 4.26. The normalized spacial score (nSPS) is 15.8. The molecule has 4 aromatic heterocycles. The van der Waals surface area contributed by atoms with Gasteiger partial charge in [-0.3, -0.25) is 0 Å². The molecule has 1 aliphatic heterocycles. The minimum atomic E-state index is 0.248. The quantitative estimate of drug-likeness (QED) is 0.381. The zero-order chi connectivity index (χ0) is 24.5. The first-order valence-electron chi connectivity index (χ1n) is 11.8. The van der Waals surface area contributed by atoms with Gasteiger partial charge in [0.25, 0.3) is 0 Å². The van der Waals surface area contributed by atoms with Gasteiger partial charge in [-0.1, -0.05) is 0 Å². The van der Waals surface area contributed by atoms with Crippen LogP contribution in [0, 0.1) is 6.92 Å². The molecule has 0 amide bonds. The number of rotatable bonds is 6.